The van der Waals surface area contributed by atoms with E-state index in [1.165, 1.54) is 22.7 Å². The molecule has 0 saturated heterocycles. The number of anilines is 1. The molecule has 138 valence electrons. The van der Waals surface area contributed by atoms with Gasteiger partial charge in [0.1, 0.15) is 16.8 Å². The Labute approximate surface area is 170 Å². The zero-order chi connectivity index (χ0) is 19.7. The second-order valence-electron chi connectivity index (χ2n) is 6.20. The fraction of sp³-hybridized carbons (Fsp3) is 0.0952. The summed E-state index contributed by atoms with van der Waals surface area (Å²) in [5.41, 5.74) is 3.39. The van der Waals surface area contributed by atoms with Gasteiger partial charge in [0.2, 0.25) is 0 Å². The van der Waals surface area contributed by atoms with Crippen molar-refractivity contribution in [3.63, 3.8) is 0 Å². The number of amides is 1. The molecular formula is C21H16N4OS2. The molecule has 0 spiro atoms. The minimum atomic E-state index is -0.275. The number of hydrogen-bond donors (Lipinski definition) is 1. The Morgan fingerprint density at radius 3 is 2.64 bits per heavy atom. The number of benzene rings is 1. The third-order valence-corrected chi connectivity index (χ3v) is 6.46. The van der Waals surface area contributed by atoms with Crippen LogP contribution in [0.25, 0.3) is 16.3 Å². The van der Waals surface area contributed by atoms with Crippen molar-refractivity contribution in [3.05, 3.63) is 75.6 Å². The SMILES string of the molecule is Cc1sc(NC(=O)c2cn(-c3ccccc3)nc2-c2cccs2)c(C#N)c1C. The Balaban J connectivity index is 1.76. The standard InChI is InChI=1S/C21H16N4OS2/c1-13-14(2)28-21(16(13)11-22)23-20(26)17-12-25(15-7-4-3-5-8-15)24-19(17)18-9-6-10-27-18/h3-10,12H,1-2H3,(H,23,26). The van der Waals surface area contributed by atoms with Gasteiger partial charge in [0, 0.05) is 11.1 Å². The maximum Gasteiger partial charge on any atom is 0.260 e. The monoisotopic (exact) mass is 404 g/mol. The number of nitriles is 1. The maximum atomic E-state index is 13.1. The number of aryl methyl sites for hydroxylation is 1. The van der Waals surface area contributed by atoms with Crippen molar-refractivity contribution in [1.29, 1.82) is 5.26 Å². The van der Waals surface area contributed by atoms with E-state index < -0.39 is 0 Å². The van der Waals surface area contributed by atoms with Gasteiger partial charge in [0.15, 0.2) is 0 Å². The van der Waals surface area contributed by atoms with Gasteiger partial charge in [-0.1, -0.05) is 24.3 Å². The predicted octanol–water partition coefficient (Wildman–Crippen LogP) is 5.40. The second-order valence-corrected chi connectivity index (χ2v) is 8.37. The molecular weight excluding hydrogens is 388 g/mol. The Kier molecular flexibility index (Phi) is 4.82. The first kappa shape index (κ1) is 18.2. The van der Waals surface area contributed by atoms with Gasteiger partial charge in [-0.15, -0.1) is 22.7 Å². The van der Waals surface area contributed by atoms with Crippen LogP contribution in [-0.2, 0) is 0 Å². The van der Waals surface area contributed by atoms with Crippen molar-refractivity contribution in [1.82, 2.24) is 9.78 Å². The van der Waals surface area contributed by atoms with Crippen molar-refractivity contribution < 1.29 is 4.79 Å². The fourth-order valence-corrected chi connectivity index (χ4v) is 4.60. The topological polar surface area (TPSA) is 70.7 Å². The van der Waals surface area contributed by atoms with Crippen molar-refractivity contribution in [2.24, 2.45) is 0 Å². The van der Waals surface area contributed by atoms with Gasteiger partial charge in [0.25, 0.3) is 5.91 Å². The van der Waals surface area contributed by atoms with Crippen LogP contribution >= 0.6 is 22.7 Å². The molecule has 0 fully saturated rings. The van der Waals surface area contributed by atoms with Gasteiger partial charge in [-0.05, 0) is 43.0 Å². The lowest BCUT2D eigenvalue weighted by molar-refractivity contribution is 0.102. The molecule has 4 aromatic rings. The molecule has 28 heavy (non-hydrogen) atoms. The van der Waals surface area contributed by atoms with Crippen LogP contribution in [0, 0.1) is 25.2 Å². The third-order valence-electron chi connectivity index (χ3n) is 4.46. The molecule has 1 aromatic carbocycles. The van der Waals surface area contributed by atoms with Crippen LogP contribution in [0.4, 0.5) is 5.00 Å². The van der Waals surface area contributed by atoms with Crippen LogP contribution in [-0.4, -0.2) is 15.7 Å². The van der Waals surface area contributed by atoms with Crippen molar-refractivity contribution >= 4 is 33.6 Å². The first-order valence-corrected chi connectivity index (χ1v) is 10.3. The van der Waals surface area contributed by atoms with E-state index in [0.717, 1.165) is 21.0 Å². The second kappa shape index (κ2) is 7.43. The van der Waals surface area contributed by atoms with Gasteiger partial charge in [-0.3, -0.25) is 4.79 Å². The smallest absolute Gasteiger partial charge is 0.260 e. The number of rotatable bonds is 4. The van der Waals surface area contributed by atoms with Crippen LogP contribution in [0.2, 0.25) is 0 Å². The molecule has 3 aromatic heterocycles. The van der Waals surface area contributed by atoms with Crippen LogP contribution in [0.1, 0.15) is 26.4 Å². The van der Waals surface area contributed by atoms with Crippen LogP contribution < -0.4 is 5.32 Å². The summed E-state index contributed by atoms with van der Waals surface area (Å²) in [5, 5.41) is 19.5. The number of hydrogen-bond acceptors (Lipinski definition) is 5. The Morgan fingerprint density at radius 2 is 1.96 bits per heavy atom. The van der Waals surface area contributed by atoms with Crippen molar-refractivity contribution in [2.45, 2.75) is 13.8 Å². The van der Waals surface area contributed by atoms with Gasteiger partial charge in [0.05, 0.1) is 21.7 Å². The zero-order valence-corrected chi connectivity index (χ0v) is 16.9. The van der Waals surface area contributed by atoms with E-state index in [9.17, 15) is 10.1 Å². The lowest BCUT2D eigenvalue weighted by Gasteiger charge is -2.03. The summed E-state index contributed by atoms with van der Waals surface area (Å²) in [6.45, 7) is 3.84. The molecule has 0 bridgehead atoms. The molecule has 0 saturated carbocycles. The first-order chi connectivity index (χ1) is 13.6. The van der Waals surface area contributed by atoms with Gasteiger partial charge in [-0.2, -0.15) is 10.4 Å². The summed E-state index contributed by atoms with van der Waals surface area (Å²) in [4.78, 5) is 15.0. The predicted molar refractivity (Wildman–Crippen MR) is 113 cm³/mol. The number of thiophene rings is 2. The largest absolute Gasteiger partial charge is 0.312 e. The highest BCUT2D eigenvalue weighted by molar-refractivity contribution is 7.16. The van der Waals surface area contributed by atoms with E-state index in [4.69, 9.17) is 0 Å². The summed E-state index contributed by atoms with van der Waals surface area (Å²) in [6, 6.07) is 15.7. The number of aromatic nitrogens is 2. The van der Waals surface area contributed by atoms with Crippen LogP contribution in [0.3, 0.4) is 0 Å². The lowest BCUT2D eigenvalue weighted by atomic mass is 10.1. The van der Waals surface area contributed by atoms with E-state index in [-0.39, 0.29) is 5.91 Å². The number of nitrogens with zero attached hydrogens (tertiary/aromatic N) is 3. The molecule has 0 aliphatic carbocycles. The van der Waals surface area contributed by atoms with Gasteiger partial charge in [-0.25, -0.2) is 4.68 Å². The first-order valence-electron chi connectivity index (χ1n) is 8.59. The third kappa shape index (κ3) is 3.24. The Hall–Kier alpha value is -3.21. The van der Waals surface area contributed by atoms with Gasteiger partial charge >= 0.3 is 0 Å². The fourth-order valence-electron chi connectivity index (χ4n) is 2.87. The number of carbonyl (C=O) groups excluding carboxylic acids is 1. The molecule has 7 heteroatoms. The van der Waals surface area contributed by atoms with E-state index in [0.29, 0.717) is 21.8 Å². The quantitative estimate of drug-likeness (QED) is 0.495. The summed E-state index contributed by atoms with van der Waals surface area (Å²) >= 11 is 2.95. The minimum absolute atomic E-state index is 0.275. The number of nitrogens with one attached hydrogen (secondary N) is 1. The molecule has 5 nitrogen and oxygen atoms in total. The summed E-state index contributed by atoms with van der Waals surface area (Å²) in [7, 11) is 0. The van der Waals surface area contributed by atoms with Crippen LogP contribution in [0.5, 0.6) is 0 Å². The zero-order valence-electron chi connectivity index (χ0n) is 15.3. The number of para-hydroxylation sites is 1. The summed E-state index contributed by atoms with van der Waals surface area (Å²) < 4.78 is 1.71. The molecule has 0 radical (unpaired) electrons. The molecule has 0 aliphatic rings. The Bertz CT molecular complexity index is 1180. The molecule has 0 unspecified atom stereocenters. The number of carbonyl (C=O) groups is 1. The molecule has 0 aliphatic heterocycles. The Morgan fingerprint density at radius 1 is 1.18 bits per heavy atom. The highest BCUT2D eigenvalue weighted by atomic mass is 32.1. The molecule has 0 atom stereocenters. The maximum absolute atomic E-state index is 13.1. The van der Waals surface area contributed by atoms with E-state index in [2.05, 4.69) is 16.5 Å². The van der Waals surface area contributed by atoms with Crippen molar-refractivity contribution in [3.8, 4) is 22.3 Å². The summed E-state index contributed by atoms with van der Waals surface area (Å²) in [5.74, 6) is -0.275. The van der Waals surface area contributed by atoms with E-state index in [1.54, 1.807) is 10.9 Å². The normalized spacial score (nSPS) is 10.6. The average molecular weight is 405 g/mol. The molecule has 1 amide bonds. The molecule has 4 rings (SSSR count). The average Bonchev–Trinajstić information content (AvgIpc) is 3.42. The molecule has 1 N–H and O–H groups in total. The van der Waals surface area contributed by atoms with Gasteiger partial charge < -0.3 is 5.32 Å². The van der Waals surface area contributed by atoms with Crippen molar-refractivity contribution in [2.75, 3.05) is 5.32 Å². The highest BCUT2D eigenvalue weighted by Crippen LogP contribution is 2.33. The summed E-state index contributed by atoms with van der Waals surface area (Å²) in [6.07, 6.45) is 1.74. The van der Waals surface area contributed by atoms with Crippen LogP contribution in [0.15, 0.2) is 54.0 Å². The van der Waals surface area contributed by atoms with E-state index >= 15 is 0 Å². The van der Waals surface area contributed by atoms with E-state index in [1.807, 2.05) is 61.7 Å². The minimum Gasteiger partial charge on any atom is -0.312 e. The molecule has 3 heterocycles. The highest BCUT2D eigenvalue weighted by Gasteiger charge is 2.22. The lowest BCUT2D eigenvalue weighted by Crippen LogP contribution is -2.12.